The van der Waals surface area contributed by atoms with Gasteiger partial charge in [0.2, 0.25) is 5.91 Å². The number of thioether (sulfide) groups is 1. The van der Waals surface area contributed by atoms with E-state index >= 15 is 0 Å². The third kappa shape index (κ3) is 6.37. The summed E-state index contributed by atoms with van der Waals surface area (Å²) in [5.74, 6) is 1.28. The monoisotopic (exact) mass is 468 g/mol. The second-order valence-electron chi connectivity index (χ2n) is 7.48. The van der Waals surface area contributed by atoms with Crippen LogP contribution in [0.1, 0.15) is 16.7 Å². The highest BCUT2D eigenvalue weighted by molar-refractivity contribution is 7.98. The van der Waals surface area contributed by atoms with E-state index in [1.807, 2.05) is 38.1 Å². The van der Waals surface area contributed by atoms with Crippen molar-refractivity contribution < 1.29 is 13.2 Å². The lowest BCUT2D eigenvalue weighted by atomic mass is 10.1. The third-order valence-corrected chi connectivity index (χ3v) is 7.90. The van der Waals surface area contributed by atoms with Crippen LogP contribution in [-0.4, -0.2) is 33.2 Å². The zero-order chi connectivity index (χ0) is 23.0. The molecule has 32 heavy (non-hydrogen) atoms. The van der Waals surface area contributed by atoms with Gasteiger partial charge in [-0.25, -0.2) is 8.42 Å². The molecular formula is C25H28N2O3S2. The number of carbonyl (C=O) groups is 1. The zero-order valence-electron chi connectivity index (χ0n) is 18.3. The van der Waals surface area contributed by atoms with Crippen molar-refractivity contribution in [1.29, 1.82) is 0 Å². The van der Waals surface area contributed by atoms with Crippen LogP contribution in [0, 0.1) is 13.8 Å². The van der Waals surface area contributed by atoms with Crippen LogP contribution in [0.2, 0.25) is 0 Å². The van der Waals surface area contributed by atoms with Gasteiger partial charge in [0.1, 0.15) is 6.54 Å². The molecule has 0 radical (unpaired) electrons. The SMILES string of the molecule is Cc1ccc(N(CC(=O)NCCSCc2ccccc2)S(=O)(=O)c2ccccc2)cc1C. The van der Waals surface area contributed by atoms with Crippen molar-refractivity contribution in [1.82, 2.24) is 5.32 Å². The lowest BCUT2D eigenvalue weighted by molar-refractivity contribution is -0.119. The number of anilines is 1. The standard InChI is InChI=1S/C25H28N2O3S2/c1-20-13-14-23(17-21(20)2)27(32(29,30)24-11-7-4-8-12-24)18-25(28)26-15-16-31-19-22-9-5-3-6-10-22/h3-14,17H,15-16,18-19H2,1-2H3,(H,26,28). The van der Waals surface area contributed by atoms with E-state index in [2.05, 4.69) is 17.4 Å². The first kappa shape index (κ1) is 23.9. The molecule has 1 amide bonds. The Labute approximate surface area is 194 Å². The fourth-order valence-electron chi connectivity index (χ4n) is 3.13. The summed E-state index contributed by atoms with van der Waals surface area (Å²) in [5.41, 5.74) is 3.74. The molecule has 0 saturated heterocycles. The molecule has 0 unspecified atom stereocenters. The average Bonchev–Trinajstić information content (AvgIpc) is 2.80. The van der Waals surface area contributed by atoms with Gasteiger partial charge in [0.05, 0.1) is 10.6 Å². The van der Waals surface area contributed by atoms with E-state index in [4.69, 9.17) is 0 Å². The summed E-state index contributed by atoms with van der Waals surface area (Å²) >= 11 is 1.72. The van der Waals surface area contributed by atoms with Gasteiger partial charge in [-0.3, -0.25) is 9.10 Å². The second-order valence-corrected chi connectivity index (χ2v) is 10.4. The molecule has 0 bridgehead atoms. The quantitative estimate of drug-likeness (QED) is 0.444. The third-order valence-electron chi connectivity index (χ3n) is 5.08. The molecule has 3 aromatic carbocycles. The predicted octanol–water partition coefficient (Wildman–Crippen LogP) is 4.55. The van der Waals surface area contributed by atoms with Crippen LogP contribution in [0.3, 0.4) is 0 Å². The molecule has 0 atom stereocenters. The smallest absolute Gasteiger partial charge is 0.264 e. The molecule has 5 nitrogen and oxygen atoms in total. The van der Waals surface area contributed by atoms with Crippen LogP contribution in [0.15, 0.2) is 83.8 Å². The molecule has 0 fully saturated rings. The molecule has 0 aliphatic rings. The highest BCUT2D eigenvalue weighted by Gasteiger charge is 2.27. The number of sulfonamides is 1. The van der Waals surface area contributed by atoms with Crippen LogP contribution >= 0.6 is 11.8 Å². The van der Waals surface area contributed by atoms with Gasteiger partial charge in [-0.05, 0) is 54.8 Å². The fourth-order valence-corrected chi connectivity index (χ4v) is 5.38. The van der Waals surface area contributed by atoms with Gasteiger partial charge in [-0.15, -0.1) is 0 Å². The topological polar surface area (TPSA) is 66.5 Å². The van der Waals surface area contributed by atoms with E-state index in [1.54, 1.807) is 54.2 Å². The van der Waals surface area contributed by atoms with Crippen LogP contribution in [0.25, 0.3) is 0 Å². The highest BCUT2D eigenvalue weighted by Crippen LogP contribution is 2.25. The molecule has 0 aliphatic carbocycles. The summed E-state index contributed by atoms with van der Waals surface area (Å²) in [5, 5.41) is 2.85. The van der Waals surface area contributed by atoms with Gasteiger partial charge in [0, 0.05) is 18.1 Å². The predicted molar refractivity (Wildman–Crippen MR) is 133 cm³/mol. The molecule has 1 N–H and O–H groups in total. The molecule has 7 heteroatoms. The molecule has 3 rings (SSSR count). The highest BCUT2D eigenvalue weighted by atomic mass is 32.2. The molecule has 0 spiro atoms. The Bertz CT molecular complexity index is 1130. The normalized spacial score (nSPS) is 11.2. The summed E-state index contributed by atoms with van der Waals surface area (Å²) in [4.78, 5) is 12.8. The Kier molecular flexibility index (Phi) is 8.36. The second kappa shape index (κ2) is 11.2. The average molecular weight is 469 g/mol. The van der Waals surface area contributed by atoms with Gasteiger partial charge in [0.15, 0.2) is 0 Å². The van der Waals surface area contributed by atoms with Gasteiger partial charge in [0.25, 0.3) is 10.0 Å². The number of hydrogen-bond acceptors (Lipinski definition) is 4. The number of amides is 1. The maximum atomic E-state index is 13.3. The number of benzene rings is 3. The zero-order valence-corrected chi connectivity index (χ0v) is 20.0. The van der Waals surface area contributed by atoms with Gasteiger partial charge < -0.3 is 5.32 Å². The van der Waals surface area contributed by atoms with Gasteiger partial charge in [-0.1, -0.05) is 54.6 Å². The van der Waals surface area contributed by atoms with E-state index in [0.717, 1.165) is 22.6 Å². The van der Waals surface area contributed by atoms with Crippen molar-refractivity contribution in [3.8, 4) is 0 Å². The first-order valence-corrected chi connectivity index (χ1v) is 13.0. The van der Waals surface area contributed by atoms with E-state index in [9.17, 15) is 13.2 Å². The largest absolute Gasteiger partial charge is 0.354 e. The van der Waals surface area contributed by atoms with Crippen molar-refractivity contribution in [2.45, 2.75) is 24.5 Å². The lowest BCUT2D eigenvalue weighted by Crippen LogP contribution is -2.41. The Hall–Kier alpha value is -2.77. The maximum Gasteiger partial charge on any atom is 0.264 e. The number of hydrogen-bond donors (Lipinski definition) is 1. The Morgan fingerprint density at radius 2 is 1.56 bits per heavy atom. The van der Waals surface area contributed by atoms with Crippen LogP contribution in [-0.2, 0) is 20.6 Å². The number of nitrogens with one attached hydrogen (secondary N) is 1. The van der Waals surface area contributed by atoms with Gasteiger partial charge in [-0.2, -0.15) is 11.8 Å². The number of carbonyl (C=O) groups excluding carboxylic acids is 1. The fraction of sp³-hybridized carbons (Fsp3) is 0.240. The van der Waals surface area contributed by atoms with Crippen molar-refractivity contribution in [2.24, 2.45) is 0 Å². The minimum absolute atomic E-state index is 0.157. The minimum Gasteiger partial charge on any atom is -0.354 e. The van der Waals surface area contributed by atoms with E-state index in [-0.39, 0.29) is 17.3 Å². The molecule has 168 valence electrons. The summed E-state index contributed by atoms with van der Waals surface area (Å²) in [6.07, 6.45) is 0. The molecular weight excluding hydrogens is 440 g/mol. The summed E-state index contributed by atoms with van der Waals surface area (Å²) in [7, 11) is -3.88. The number of rotatable bonds is 10. The van der Waals surface area contributed by atoms with E-state index in [0.29, 0.717) is 12.2 Å². The van der Waals surface area contributed by atoms with Crippen LogP contribution in [0.5, 0.6) is 0 Å². The molecule has 0 saturated carbocycles. The van der Waals surface area contributed by atoms with Crippen LogP contribution < -0.4 is 9.62 Å². The Morgan fingerprint density at radius 1 is 0.906 bits per heavy atom. The molecule has 3 aromatic rings. The first-order chi connectivity index (χ1) is 15.4. The molecule has 0 aromatic heterocycles. The molecule has 0 aliphatic heterocycles. The van der Waals surface area contributed by atoms with Crippen molar-refractivity contribution >= 4 is 33.4 Å². The molecule has 0 heterocycles. The Balaban J connectivity index is 1.67. The van der Waals surface area contributed by atoms with Crippen molar-refractivity contribution in [2.75, 3.05) is 23.1 Å². The Morgan fingerprint density at radius 3 is 2.22 bits per heavy atom. The van der Waals surface area contributed by atoms with Crippen molar-refractivity contribution in [3.05, 3.63) is 95.6 Å². The van der Waals surface area contributed by atoms with Crippen LogP contribution in [0.4, 0.5) is 5.69 Å². The summed E-state index contributed by atoms with van der Waals surface area (Å²) in [6, 6.07) is 23.8. The number of nitrogens with zero attached hydrogens (tertiary/aromatic N) is 1. The summed E-state index contributed by atoms with van der Waals surface area (Å²) in [6.45, 7) is 4.09. The summed E-state index contributed by atoms with van der Waals surface area (Å²) < 4.78 is 27.9. The minimum atomic E-state index is -3.88. The van der Waals surface area contributed by atoms with E-state index < -0.39 is 10.0 Å². The number of aryl methyl sites for hydroxylation is 2. The van der Waals surface area contributed by atoms with Crippen molar-refractivity contribution in [3.63, 3.8) is 0 Å². The lowest BCUT2D eigenvalue weighted by Gasteiger charge is -2.24. The maximum absolute atomic E-state index is 13.3. The first-order valence-electron chi connectivity index (χ1n) is 10.4. The van der Waals surface area contributed by atoms with Gasteiger partial charge >= 0.3 is 0 Å². The van der Waals surface area contributed by atoms with E-state index in [1.165, 1.54) is 9.87 Å².